The lowest BCUT2D eigenvalue weighted by molar-refractivity contribution is -0.125. The van der Waals surface area contributed by atoms with Gasteiger partial charge in [0.05, 0.1) is 0 Å². The van der Waals surface area contributed by atoms with E-state index >= 15 is 0 Å². The average Bonchev–Trinajstić information content (AvgIpc) is 2.55. The van der Waals surface area contributed by atoms with Gasteiger partial charge in [-0.1, -0.05) is 18.7 Å². The van der Waals surface area contributed by atoms with Crippen molar-refractivity contribution in [1.29, 1.82) is 0 Å². The Morgan fingerprint density at radius 2 is 2.18 bits per heavy atom. The van der Waals surface area contributed by atoms with Crippen LogP contribution in [0.4, 0.5) is 10.1 Å². The predicted octanol–water partition coefficient (Wildman–Crippen LogP) is 2.92. The van der Waals surface area contributed by atoms with Crippen LogP contribution in [0.25, 0.3) is 0 Å². The minimum atomic E-state index is -0.415. The molecule has 1 aliphatic rings. The molecule has 0 unspecified atom stereocenters. The van der Waals surface area contributed by atoms with Crippen molar-refractivity contribution in [3.05, 3.63) is 54.4 Å². The van der Waals surface area contributed by atoms with Gasteiger partial charge in [0, 0.05) is 18.2 Å². The molecule has 0 heterocycles. The number of allylic oxidation sites excluding steroid dienone is 2. The van der Waals surface area contributed by atoms with E-state index in [2.05, 4.69) is 23.3 Å². The van der Waals surface area contributed by atoms with Gasteiger partial charge in [0.15, 0.2) is 0 Å². The van der Waals surface area contributed by atoms with Gasteiger partial charge in [-0.15, -0.1) is 0 Å². The average molecular weight is 302 g/mol. The number of carbonyl (C=O) groups excluding carboxylic acids is 2. The Morgan fingerprint density at radius 3 is 2.86 bits per heavy atom. The molecule has 22 heavy (non-hydrogen) atoms. The summed E-state index contributed by atoms with van der Waals surface area (Å²) in [6.45, 7) is 3.55. The number of benzene rings is 1. The molecule has 116 valence electrons. The van der Waals surface area contributed by atoms with E-state index in [4.69, 9.17) is 0 Å². The summed E-state index contributed by atoms with van der Waals surface area (Å²) >= 11 is 0. The molecule has 0 saturated heterocycles. The summed E-state index contributed by atoms with van der Waals surface area (Å²) in [5.41, 5.74) is 0.991. The van der Waals surface area contributed by atoms with E-state index < -0.39 is 5.82 Å². The van der Waals surface area contributed by atoms with Crippen molar-refractivity contribution in [3.8, 4) is 0 Å². The van der Waals surface area contributed by atoms with Crippen LogP contribution in [-0.2, 0) is 16.1 Å². The van der Waals surface area contributed by atoms with Gasteiger partial charge in [-0.25, -0.2) is 4.39 Å². The fourth-order valence-corrected chi connectivity index (χ4v) is 2.37. The van der Waals surface area contributed by atoms with Gasteiger partial charge in [0.25, 0.3) is 0 Å². The summed E-state index contributed by atoms with van der Waals surface area (Å²) < 4.78 is 13.4. The minimum absolute atomic E-state index is 0.0372. The topological polar surface area (TPSA) is 58.2 Å². The van der Waals surface area contributed by atoms with Crippen LogP contribution >= 0.6 is 0 Å². The van der Waals surface area contributed by atoms with Gasteiger partial charge < -0.3 is 10.6 Å². The molecule has 0 spiro atoms. The summed E-state index contributed by atoms with van der Waals surface area (Å²) in [5, 5.41) is 5.42. The Kier molecular flexibility index (Phi) is 5.47. The van der Waals surface area contributed by atoms with Gasteiger partial charge in [0.1, 0.15) is 5.82 Å². The van der Waals surface area contributed by atoms with Crippen molar-refractivity contribution < 1.29 is 14.0 Å². The number of carbonyl (C=O) groups is 2. The monoisotopic (exact) mass is 302 g/mol. The maximum Gasteiger partial charge on any atom is 0.247 e. The largest absolute Gasteiger partial charge is 0.352 e. The molecule has 2 rings (SSSR count). The standard InChI is InChI=1S/C17H19FN2O2/c1-2-16(21)20-15-9-8-14(18)10-13(15)11-19-17(22)12-6-4-3-5-7-12/h2-4,8-10,12H,1,5-7,11H2,(H,19,22)(H,20,21)/t12-/m1/s1. The number of amides is 2. The van der Waals surface area contributed by atoms with Crippen molar-refractivity contribution in [2.24, 2.45) is 5.92 Å². The van der Waals surface area contributed by atoms with Crippen LogP contribution in [0.2, 0.25) is 0 Å². The van der Waals surface area contributed by atoms with Crippen molar-refractivity contribution in [2.45, 2.75) is 25.8 Å². The molecule has 1 atom stereocenters. The Hall–Kier alpha value is -2.43. The number of hydrogen-bond donors (Lipinski definition) is 2. The van der Waals surface area contributed by atoms with Gasteiger partial charge in [-0.2, -0.15) is 0 Å². The minimum Gasteiger partial charge on any atom is -0.352 e. The summed E-state index contributed by atoms with van der Waals surface area (Å²) in [4.78, 5) is 23.5. The molecular formula is C17H19FN2O2. The van der Waals surface area contributed by atoms with Crippen LogP contribution in [0, 0.1) is 11.7 Å². The molecule has 1 aromatic carbocycles. The molecule has 0 bridgehead atoms. The van der Waals surface area contributed by atoms with Crippen molar-refractivity contribution >= 4 is 17.5 Å². The zero-order chi connectivity index (χ0) is 15.9. The number of halogens is 1. The smallest absolute Gasteiger partial charge is 0.247 e. The third-order valence-corrected chi connectivity index (χ3v) is 3.60. The number of nitrogens with one attached hydrogen (secondary N) is 2. The molecule has 1 aromatic rings. The normalized spacial score (nSPS) is 16.9. The number of anilines is 1. The second-order valence-electron chi connectivity index (χ2n) is 5.19. The Balaban J connectivity index is 2.03. The van der Waals surface area contributed by atoms with Crippen LogP contribution in [0.15, 0.2) is 43.0 Å². The van der Waals surface area contributed by atoms with Gasteiger partial charge in [-0.3, -0.25) is 9.59 Å². The number of hydrogen-bond acceptors (Lipinski definition) is 2. The van der Waals surface area contributed by atoms with Crippen molar-refractivity contribution in [2.75, 3.05) is 5.32 Å². The van der Waals surface area contributed by atoms with Crippen LogP contribution in [0.3, 0.4) is 0 Å². The first-order valence-corrected chi connectivity index (χ1v) is 7.24. The van der Waals surface area contributed by atoms with Gasteiger partial charge in [0.2, 0.25) is 11.8 Å². The highest BCUT2D eigenvalue weighted by Gasteiger charge is 2.18. The third kappa shape index (κ3) is 4.28. The van der Waals surface area contributed by atoms with Gasteiger partial charge in [-0.05, 0) is 49.1 Å². The molecule has 1 aliphatic carbocycles. The van der Waals surface area contributed by atoms with E-state index in [1.54, 1.807) is 0 Å². The van der Waals surface area contributed by atoms with Crippen LogP contribution in [0.1, 0.15) is 24.8 Å². The highest BCUT2D eigenvalue weighted by molar-refractivity contribution is 5.99. The fourth-order valence-electron chi connectivity index (χ4n) is 2.37. The zero-order valence-electron chi connectivity index (χ0n) is 12.3. The lowest BCUT2D eigenvalue weighted by Crippen LogP contribution is -2.31. The van der Waals surface area contributed by atoms with Crippen LogP contribution in [0.5, 0.6) is 0 Å². The van der Waals surface area contributed by atoms with E-state index in [1.807, 2.05) is 6.08 Å². The van der Waals surface area contributed by atoms with E-state index in [0.29, 0.717) is 11.3 Å². The second-order valence-corrected chi connectivity index (χ2v) is 5.19. The SMILES string of the molecule is C=CC(=O)Nc1ccc(F)cc1CNC(=O)[C@@H]1CC=CCC1. The first-order chi connectivity index (χ1) is 10.6. The summed E-state index contributed by atoms with van der Waals surface area (Å²) in [7, 11) is 0. The Labute approximate surface area is 129 Å². The molecule has 0 aromatic heterocycles. The first-order valence-electron chi connectivity index (χ1n) is 7.24. The molecule has 2 N–H and O–H groups in total. The predicted molar refractivity (Wildman–Crippen MR) is 83.6 cm³/mol. The van der Waals surface area contributed by atoms with E-state index in [1.165, 1.54) is 18.2 Å². The third-order valence-electron chi connectivity index (χ3n) is 3.60. The van der Waals surface area contributed by atoms with Crippen LogP contribution in [-0.4, -0.2) is 11.8 Å². The highest BCUT2D eigenvalue weighted by atomic mass is 19.1. The zero-order valence-corrected chi connectivity index (χ0v) is 12.3. The Bertz CT molecular complexity index is 611. The van der Waals surface area contributed by atoms with Gasteiger partial charge >= 0.3 is 0 Å². The first kappa shape index (κ1) is 15.9. The molecule has 0 fully saturated rings. The molecule has 5 heteroatoms. The lowest BCUT2D eigenvalue weighted by Gasteiger charge is -2.18. The molecule has 0 radical (unpaired) electrons. The molecule has 2 amide bonds. The molecule has 0 saturated carbocycles. The molecule has 4 nitrogen and oxygen atoms in total. The highest BCUT2D eigenvalue weighted by Crippen LogP contribution is 2.20. The van der Waals surface area contributed by atoms with E-state index in [0.717, 1.165) is 25.3 Å². The molecule has 0 aliphatic heterocycles. The van der Waals surface area contributed by atoms with Crippen LogP contribution < -0.4 is 10.6 Å². The van der Waals surface area contributed by atoms with E-state index in [-0.39, 0.29) is 24.3 Å². The molecular weight excluding hydrogens is 283 g/mol. The Morgan fingerprint density at radius 1 is 1.36 bits per heavy atom. The maximum atomic E-state index is 13.4. The summed E-state index contributed by atoms with van der Waals surface area (Å²) in [6.07, 6.45) is 7.67. The number of rotatable bonds is 5. The maximum absolute atomic E-state index is 13.4. The van der Waals surface area contributed by atoms with Crippen molar-refractivity contribution in [1.82, 2.24) is 5.32 Å². The lowest BCUT2D eigenvalue weighted by atomic mass is 9.93. The van der Waals surface area contributed by atoms with Crippen molar-refractivity contribution in [3.63, 3.8) is 0 Å². The second kappa shape index (κ2) is 7.54. The quantitative estimate of drug-likeness (QED) is 0.649. The fraction of sp³-hybridized carbons (Fsp3) is 0.294. The summed E-state index contributed by atoms with van der Waals surface area (Å²) in [6, 6.07) is 4.04. The summed E-state index contributed by atoms with van der Waals surface area (Å²) in [5.74, 6) is -0.877. The van der Waals surface area contributed by atoms with E-state index in [9.17, 15) is 14.0 Å².